The van der Waals surface area contributed by atoms with Crippen molar-refractivity contribution in [1.82, 2.24) is 14.7 Å². The zero-order valence-corrected chi connectivity index (χ0v) is 10.9. The number of carbonyl (C=O) groups excluding carboxylic acids is 1. The first-order chi connectivity index (χ1) is 7.49. The van der Waals surface area contributed by atoms with Crippen LogP contribution in [0.3, 0.4) is 0 Å². The Balaban J connectivity index is 2.36. The van der Waals surface area contributed by atoms with Gasteiger partial charge >= 0.3 is 0 Å². The number of rotatable bonds is 1. The van der Waals surface area contributed by atoms with Crippen molar-refractivity contribution in [3.8, 4) is 0 Å². The molecule has 1 aromatic rings. The summed E-state index contributed by atoms with van der Waals surface area (Å²) in [5.41, 5.74) is 1.86. The Morgan fingerprint density at radius 3 is 2.62 bits per heavy atom. The van der Waals surface area contributed by atoms with E-state index in [0.29, 0.717) is 9.23 Å². The van der Waals surface area contributed by atoms with Gasteiger partial charge in [-0.05, 0) is 13.0 Å². The SMILES string of the molecule is Cc1nn(C)cc1/C=C1/SC(=S)N(C)C1=O. The lowest BCUT2D eigenvalue weighted by molar-refractivity contribution is -0.121. The maximum Gasteiger partial charge on any atom is 0.265 e. The van der Waals surface area contributed by atoms with Gasteiger partial charge in [0.25, 0.3) is 5.91 Å². The van der Waals surface area contributed by atoms with Crippen LogP contribution in [0.25, 0.3) is 6.08 Å². The van der Waals surface area contributed by atoms with Gasteiger partial charge in [-0.2, -0.15) is 5.10 Å². The molecule has 1 fully saturated rings. The smallest absolute Gasteiger partial charge is 0.265 e. The summed E-state index contributed by atoms with van der Waals surface area (Å²) < 4.78 is 2.33. The van der Waals surface area contributed by atoms with Gasteiger partial charge in [0, 0.05) is 25.9 Å². The molecule has 0 N–H and O–H groups in total. The summed E-state index contributed by atoms with van der Waals surface area (Å²) in [4.78, 5) is 13.9. The largest absolute Gasteiger partial charge is 0.296 e. The van der Waals surface area contributed by atoms with Gasteiger partial charge in [0.15, 0.2) is 0 Å². The van der Waals surface area contributed by atoms with Gasteiger partial charge in [-0.3, -0.25) is 14.4 Å². The summed E-state index contributed by atoms with van der Waals surface area (Å²) in [5.74, 6) is -0.0433. The molecular formula is C10H11N3OS2. The number of aryl methyl sites for hydroxylation is 2. The molecule has 0 aromatic carbocycles. The van der Waals surface area contributed by atoms with E-state index in [-0.39, 0.29) is 5.91 Å². The predicted molar refractivity (Wildman–Crippen MR) is 68.9 cm³/mol. The summed E-state index contributed by atoms with van der Waals surface area (Å²) in [6.07, 6.45) is 3.72. The third kappa shape index (κ3) is 1.90. The van der Waals surface area contributed by atoms with Crippen LogP contribution < -0.4 is 0 Å². The predicted octanol–water partition coefficient (Wildman–Crippen LogP) is 1.56. The lowest BCUT2D eigenvalue weighted by atomic mass is 10.2. The minimum atomic E-state index is -0.0433. The molecule has 16 heavy (non-hydrogen) atoms. The number of carbonyl (C=O) groups is 1. The standard InChI is InChI=1S/C10H11N3OS2/c1-6-7(5-12(2)11-6)4-8-9(14)13(3)10(15)16-8/h4-5H,1-3H3/b8-4+. The topological polar surface area (TPSA) is 38.1 Å². The summed E-state index contributed by atoms with van der Waals surface area (Å²) in [7, 11) is 3.55. The maximum absolute atomic E-state index is 11.8. The third-order valence-electron chi connectivity index (χ3n) is 2.32. The fraction of sp³-hybridized carbons (Fsp3) is 0.300. The molecule has 2 rings (SSSR count). The van der Waals surface area contributed by atoms with Crippen LogP contribution in [0, 0.1) is 6.92 Å². The van der Waals surface area contributed by atoms with Gasteiger partial charge in [0.2, 0.25) is 0 Å². The summed E-state index contributed by atoms with van der Waals surface area (Å²) in [5, 5.41) is 4.22. The number of likely N-dealkylation sites (N-methyl/N-ethyl adjacent to an activating group) is 1. The molecule has 1 aliphatic rings. The van der Waals surface area contributed by atoms with Crippen LogP contribution in [-0.4, -0.2) is 32.0 Å². The number of thiocarbonyl (C=S) groups is 1. The third-order valence-corrected chi connectivity index (χ3v) is 3.81. The van der Waals surface area contributed by atoms with Gasteiger partial charge in [0.1, 0.15) is 4.32 Å². The Hall–Kier alpha value is -1.14. The molecule has 1 aliphatic heterocycles. The highest BCUT2D eigenvalue weighted by Crippen LogP contribution is 2.31. The molecule has 0 aliphatic carbocycles. The van der Waals surface area contributed by atoms with Crippen LogP contribution in [0.15, 0.2) is 11.1 Å². The van der Waals surface area contributed by atoms with Crippen molar-refractivity contribution in [1.29, 1.82) is 0 Å². The number of hydrogen-bond donors (Lipinski definition) is 0. The van der Waals surface area contributed by atoms with E-state index in [2.05, 4.69) is 5.10 Å². The molecule has 1 saturated heterocycles. The van der Waals surface area contributed by atoms with Gasteiger partial charge in [-0.15, -0.1) is 0 Å². The van der Waals surface area contributed by atoms with E-state index in [4.69, 9.17) is 12.2 Å². The van der Waals surface area contributed by atoms with Crippen molar-refractivity contribution < 1.29 is 4.79 Å². The molecule has 1 amide bonds. The molecule has 1 aromatic heterocycles. The monoisotopic (exact) mass is 253 g/mol. The Morgan fingerprint density at radius 2 is 2.19 bits per heavy atom. The molecule has 0 radical (unpaired) electrons. The first kappa shape index (κ1) is 11.3. The second-order valence-electron chi connectivity index (χ2n) is 3.58. The van der Waals surface area contributed by atoms with Crippen LogP contribution in [0.1, 0.15) is 11.3 Å². The first-order valence-electron chi connectivity index (χ1n) is 4.71. The van der Waals surface area contributed by atoms with Crippen molar-refractivity contribution in [3.63, 3.8) is 0 Å². The highest BCUT2D eigenvalue weighted by molar-refractivity contribution is 8.26. The number of amides is 1. The van der Waals surface area contributed by atoms with Gasteiger partial charge in [-0.25, -0.2) is 0 Å². The van der Waals surface area contributed by atoms with E-state index in [9.17, 15) is 4.79 Å². The van der Waals surface area contributed by atoms with Crippen molar-refractivity contribution in [2.75, 3.05) is 7.05 Å². The number of nitrogens with zero attached hydrogens (tertiary/aromatic N) is 3. The summed E-state index contributed by atoms with van der Waals surface area (Å²) >= 11 is 6.38. The molecule has 84 valence electrons. The number of hydrogen-bond acceptors (Lipinski definition) is 4. The number of thioether (sulfide) groups is 1. The molecule has 0 bridgehead atoms. The molecule has 0 spiro atoms. The molecular weight excluding hydrogens is 242 g/mol. The van der Waals surface area contributed by atoms with Gasteiger partial charge < -0.3 is 0 Å². The quantitative estimate of drug-likeness (QED) is 0.562. The van der Waals surface area contributed by atoms with Crippen molar-refractivity contribution >= 4 is 40.3 Å². The molecule has 0 atom stereocenters. The number of aromatic nitrogens is 2. The Morgan fingerprint density at radius 1 is 1.50 bits per heavy atom. The van der Waals surface area contributed by atoms with E-state index >= 15 is 0 Å². The normalized spacial score (nSPS) is 18.9. The Labute approximate surface area is 103 Å². The van der Waals surface area contributed by atoms with Crippen LogP contribution in [0.5, 0.6) is 0 Å². The maximum atomic E-state index is 11.8. The lowest BCUT2D eigenvalue weighted by Gasteiger charge is -2.03. The van der Waals surface area contributed by atoms with Gasteiger partial charge in [-0.1, -0.05) is 24.0 Å². The zero-order valence-electron chi connectivity index (χ0n) is 9.22. The average molecular weight is 253 g/mol. The second-order valence-corrected chi connectivity index (χ2v) is 5.26. The fourth-order valence-corrected chi connectivity index (χ4v) is 2.62. The van der Waals surface area contributed by atoms with Crippen molar-refractivity contribution in [2.45, 2.75) is 6.92 Å². The second kappa shape index (κ2) is 4.03. The van der Waals surface area contributed by atoms with E-state index < -0.39 is 0 Å². The Kier molecular flexibility index (Phi) is 2.86. The first-order valence-corrected chi connectivity index (χ1v) is 5.93. The average Bonchev–Trinajstić information content (AvgIpc) is 2.64. The molecule has 2 heterocycles. The van der Waals surface area contributed by atoms with E-state index in [0.717, 1.165) is 11.3 Å². The zero-order chi connectivity index (χ0) is 11.9. The van der Waals surface area contributed by atoms with Crippen LogP contribution in [-0.2, 0) is 11.8 Å². The van der Waals surface area contributed by atoms with E-state index in [1.807, 2.05) is 26.2 Å². The highest BCUT2D eigenvalue weighted by atomic mass is 32.2. The Bertz CT molecular complexity index is 504. The van der Waals surface area contributed by atoms with E-state index in [1.54, 1.807) is 11.7 Å². The lowest BCUT2D eigenvalue weighted by Crippen LogP contribution is -2.22. The molecule has 0 saturated carbocycles. The molecule has 6 heteroatoms. The fourth-order valence-electron chi connectivity index (χ4n) is 1.45. The molecule has 4 nitrogen and oxygen atoms in total. The minimum Gasteiger partial charge on any atom is -0.296 e. The van der Waals surface area contributed by atoms with Gasteiger partial charge in [0.05, 0.1) is 10.6 Å². The van der Waals surface area contributed by atoms with Crippen LogP contribution in [0.2, 0.25) is 0 Å². The van der Waals surface area contributed by atoms with Crippen LogP contribution in [0.4, 0.5) is 0 Å². The van der Waals surface area contributed by atoms with Crippen molar-refractivity contribution in [2.24, 2.45) is 7.05 Å². The molecule has 0 unspecified atom stereocenters. The van der Waals surface area contributed by atoms with Crippen molar-refractivity contribution in [3.05, 3.63) is 22.4 Å². The summed E-state index contributed by atoms with van der Waals surface area (Å²) in [6.45, 7) is 1.92. The highest BCUT2D eigenvalue weighted by Gasteiger charge is 2.28. The van der Waals surface area contributed by atoms with E-state index in [1.165, 1.54) is 16.7 Å². The summed E-state index contributed by atoms with van der Waals surface area (Å²) in [6, 6.07) is 0. The van der Waals surface area contributed by atoms with Crippen LogP contribution >= 0.6 is 24.0 Å². The minimum absolute atomic E-state index is 0.0433.